The van der Waals surface area contributed by atoms with Gasteiger partial charge in [-0.3, -0.25) is 0 Å². The lowest BCUT2D eigenvalue weighted by molar-refractivity contribution is 0.144. The molecule has 0 unspecified atom stereocenters. The number of rotatable bonds is 8. The average Bonchev–Trinajstić information content (AvgIpc) is 2.92. The van der Waals surface area contributed by atoms with Crippen molar-refractivity contribution < 1.29 is 13.5 Å². The predicted molar refractivity (Wildman–Crippen MR) is 84.2 cm³/mol. The van der Waals surface area contributed by atoms with Crippen molar-refractivity contribution >= 4 is 12.4 Å². The fraction of sp³-hybridized carbons (Fsp3) is 0.375. The van der Waals surface area contributed by atoms with Crippen LogP contribution in [0, 0.1) is 5.82 Å². The normalized spacial score (nSPS) is 10.4. The minimum absolute atomic E-state index is 0. The van der Waals surface area contributed by atoms with Gasteiger partial charge in [-0.25, -0.2) is 4.39 Å². The molecule has 0 spiro atoms. The van der Waals surface area contributed by atoms with Crippen LogP contribution in [0.5, 0.6) is 0 Å². The summed E-state index contributed by atoms with van der Waals surface area (Å²) in [5.41, 5.74) is 0.495. The van der Waals surface area contributed by atoms with Gasteiger partial charge in [-0.1, -0.05) is 12.1 Å². The summed E-state index contributed by atoms with van der Waals surface area (Å²) in [5, 5.41) is 3.27. The third-order valence-electron chi connectivity index (χ3n) is 2.95. The quantitative estimate of drug-likeness (QED) is 0.747. The van der Waals surface area contributed by atoms with Crippen LogP contribution in [0.15, 0.2) is 40.8 Å². The molecule has 1 aromatic carbocycles. The SMILES string of the molecule is CCOCCCNCc1ccc(-c2ccccc2F)o1.Cl. The molecule has 0 bridgehead atoms. The molecule has 1 heterocycles. The van der Waals surface area contributed by atoms with E-state index in [2.05, 4.69) is 5.32 Å². The molecular weight excluding hydrogens is 293 g/mol. The number of hydrogen-bond donors (Lipinski definition) is 1. The molecule has 0 aliphatic heterocycles. The van der Waals surface area contributed by atoms with Crippen LogP contribution >= 0.6 is 12.4 Å². The van der Waals surface area contributed by atoms with Crippen molar-refractivity contribution in [1.82, 2.24) is 5.32 Å². The van der Waals surface area contributed by atoms with Gasteiger partial charge in [0, 0.05) is 13.2 Å². The van der Waals surface area contributed by atoms with Gasteiger partial charge in [0.15, 0.2) is 0 Å². The third kappa shape index (κ3) is 5.50. The van der Waals surface area contributed by atoms with E-state index in [4.69, 9.17) is 9.15 Å². The molecule has 5 heteroatoms. The molecule has 0 radical (unpaired) electrons. The molecule has 0 saturated carbocycles. The summed E-state index contributed by atoms with van der Waals surface area (Å²) in [6.45, 7) is 5.02. The number of benzene rings is 1. The Hall–Kier alpha value is -1.36. The predicted octanol–water partition coefficient (Wildman–Crippen LogP) is 4.02. The second-order valence-electron chi connectivity index (χ2n) is 4.47. The van der Waals surface area contributed by atoms with Gasteiger partial charge in [0.1, 0.15) is 17.3 Å². The minimum atomic E-state index is -0.266. The molecule has 0 fully saturated rings. The zero-order valence-electron chi connectivity index (χ0n) is 12.1. The largest absolute Gasteiger partial charge is 0.460 e. The van der Waals surface area contributed by atoms with Crippen LogP contribution in [0.1, 0.15) is 19.1 Å². The highest BCUT2D eigenvalue weighted by atomic mass is 35.5. The zero-order valence-corrected chi connectivity index (χ0v) is 12.9. The summed E-state index contributed by atoms with van der Waals surface area (Å²) in [6.07, 6.45) is 0.967. The smallest absolute Gasteiger partial charge is 0.137 e. The van der Waals surface area contributed by atoms with Gasteiger partial charge >= 0.3 is 0 Å². The number of ether oxygens (including phenoxy) is 1. The molecule has 1 aromatic heterocycles. The highest BCUT2D eigenvalue weighted by Gasteiger charge is 2.08. The van der Waals surface area contributed by atoms with Crippen LogP contribution in [0.3, 0.4) is 0 Å². The number of furan rings is 1. The fourth-order valence-electron chi connectivity index (χ4n) is 1.93. The molecule has 0 aliphatic rings. The Morgan fingerprint density at radius 2 is 2.00 bits per heavy atom. The number of nitrogens with one attached hydrogen (secondary N) is 1. The highest BCUT2D eigenvalue weighted by Crippen LogP contribution is 2.24. The van der Waals surface area contributed by atoms with Gasteiger partial charge in [-0.15, -0.1) is 12.4 Å². The molecule has 0 aliphatic carbocycles. The van der Waals surface area contributed by atoms with Gasteiger partial charge in [0.2, 0.25) is 0 Å². The molecular formula is C16H21ClFNO2. The van der Waals surface area contributed by atoms with Gasteiger partial charge in [-0.05, 0) is 44.2 Å². The lowest BCUT2D eigenvalue weighted by Gasteiger charge is -2.03. The maximum atomic E-state index is 13.6. The van der Waals surface area contributed by atoms with Crippen molar-refractivity contribution in [3.05, 3.63) is 48.0 Å². The van der Waals surface area contributed by atoms with Crippen LogP contribution in [-0.4, -0.2) is 19.8 Å². The summed E-state index contributed by atoms with van der Waals surface area (Å²) in [6, 6.07) is 10.3. The minimum Gasteiger partial charge on any atom is -0.460 e. The van der Waals surface area contributed by atoms with E-state index in [1.54, 1.807) is 24.3 Å². The summed E-state index contributed by atoms with van der Waals surface area (Å²) in [4.78, 5) is 0. The van der Waals surface area contributed by atoms with Gasteiger partial charge < -0.3 is 14.5 Å². The Kier molecular flexibility index (Phi) is 8.05. The fourth-order valence-corrected chi connectivity index (χ4v) is 1.93. The monoisotopic (exact) mass is 313 g/mol. The van der Waals surface area contributed by atoms with Crippen molar-refractivity contribution in [3.63, 3.8) is 0 Å². The third-order valence-corrected chi connectivity index (χ3v) is 2.95. The Balaban J connectivity index is 0.00000220. The van der Waals surface area contributed by atoms with E-state index >= 15 is 0 Å². The Bertz CT molecular complexity index is 531. The Labute approximate surface area is 130 Å². The first-order chi connectivity index (χ1) is 9.81. The van der Waals surface area contributed by atoms with Crippen LogP contribution in [0.2, 0.25) is 0 Å². The maximum absolute atomic E-state index is 13.6. The van der Waals surface area contributed by atoms with Crippen molar-refractivity contribution in [1.29, 1.82) is 0 Å². The first-order valence-corrected chi connectivity index (χ1v) is 6.93. The van der Waals surface area contributed by atoms with E-state index in [9.17, 15) is 4.39 Å². The second-order valence-corrected chi connectivity index (χ2v) is 4.47. The molecule has 0 atom stereocenters. The first-order valence-electron chi connectivity index (χ1n) is 6.93. The number of hydrogen-bond acceptors (Lipinski definition) is 3. The van der Waals surface area contributed by atoms with E-state index in [1.807, 2.05) is 13.0 Å². The summed E-state index contributed by atoms with van der Waals surface area (Å²) >= 11 is 0. The molecule has 2 rings (SSSR count). The van der Waals surface area contributed by atoms with Crippen LogP contribution < -0.4 is 5.32 Å². The first kappa shape index (κ1) is 17.7. The summed E-state index contributed by atoms with van der Waals surface area (Å²) in [7, 11) is 0. The maximum Gasteiger partial charge on any atom is 0.137 e. The standard InChI is InChI=1S/C16H20FNO2.ClH/c1-2-19-11-5-10-18-12-13-8-9-16(20-13)14-6-3-4-7-15(14)17;/h3-4,6-9,18H,2,5,10-12H2,1H3;1H. The van der Waals surface area contributed by atoms with Crippen molar-refractivity contribution in [2.75, 3.05) is 19.8 Å². The second kappa shape index (κ2) is 9.55. The van der Waals surface area contributed by atoms with Gasteiger partial charge in [0.25, 0.3) is 0 Å². The zero-order chi connectivity index (χ0) is 14.2. The lowest BCUT2D eigenvalue weighted by Crippen LogP contribution is -2.15. The van der Waals surface area contributed by atoms with Crippen molar-refractivity contribution in [2.24, 2.45) is 0 Å². The molecule has 116 valence electrons. The van der Waals surface area contributed by atoms with E-state index in [1.165, 1.54) is 6.07 Å². The summed E-state index contributed by atoms with van der Waals surface area (Å²) in [5.74, 6) is 1.10. The Morgan fingerprint density at radius 1 is 1.19 bits per heavy atom. The van der Waals surface area contributed by atoms with E-state index in [0.29, 0.717) is 17.9 Å². The average molecular weight is 314 g/mol. The van der Waals surface area contributed by atoms with Crippen LogP contribution in [0.4, 0.5) is 4.39 Å². The Morgan fingerprint density at radius 3 is 2.76 bits per heavy atom. The van der Waals surface area contributed by atoms with Gasteiger partial charge in [-0.2, -0.15) is 0 Å². The molecule has 3 nitrogen and oxygen atoms in total. The molecule has 21 heavy (non-hydrogen) atoms. The molecule has 0 amide bonds. The molecule has 1 N–H and O–H groups in total. The van der Waals surface area contributed by atoms with Crippen LogP contribution in [-0.2, 0) is 11.3 Å². The summed E-state index contributed by atoms with van der Waals surface area (Å²) < 4.78 is 24.5. The van der Waals surface area contributed by atoms with E-state index in [-0.39, 0.29) is 18.2 Å². The molecule has 0 saturated heterocycles. The topological polar surface area (TPSA) is 34.4 Å². The van der Waals surface area contributed by atoms with E-state index in [0.717, 1.165) is 31.9 Å². The van der Waals surface area contributed by atoms with Crippen LogP contribution in [0.25, 0.3) is 11.3 Å². The molecule has 2 aromatic rings. The highest BCUT2D eigenvalue weighted by molar-refractivity contribution is 5.85. The van der Waals surface area contributed by atoms with E-state index < -0.39 is 0 Å². The van der Waals surface area contributed by atoms with Gasteiger partial charge in [0.05, 0.1) is 12.1 Å². The van der Waals surface area contributed by atoms with Crippen molar-refractivity contribution in [2.45, 2.75) is 19.9 Å². The van der Waals surface area contributed by atoms with Crippen molar-refractivity contribution in [3.8, 4) is 11.3 Å². The lowest BCUT2D eigenvalue weighted by atomic mass is 10.1. The number of halogens is 2.